The molecule has 0 amide bonds. The molecule has 0 aliphatic heterocycles. The number of primary sulfonamides is 1. The van der Waals surface area contributed by atoms with E-state index in [1.165, 1.54) is 18.2 Å². The van der Waals surface area contributed by atoms with Crippen LogP contribution in [-0.2, 0) is 16.6 Å². The highest BCUT2D eigenvalue weighted by atomic mass is 79.9. The van der Waals surface area contributed by atoms with E-state index in [9.17, 15) is 8.42 Å². The van der Waals surface area contributed by atoms with Crippen molar-refractivity contribution in [2.75, 3.05) is 0 Å². The number of nitrogens with two attached hydrogens (primary N) is 1. The molecule has 106 valence electrons. The lowest BCUT2D eigenvalue weighted by Gasteiger charge is -2.09. The van der Waals surface area contributed by atoms with Crippen molar-refractivity contribution in [2.45, 2.75) is 11.5 Å². The van der Waals surface area contributed by atoms with Crippen LogP contribution in [0.3, 0.4) is 0 Å². The maximum absolute atomic E-state index is 11.2. The molecule has 0 aliphatic rings. The molecule has 0 heterocycles. The van der Waals surface area contributed by atoms with E-state index in [2.05, 4.69) is 15.9 Å². The summed E-state index contributed by atoms with van der Waals surface area (Å²) in [6, 6.07) is 11.8. The molecule has 0 saturated heterocycles. The predicted octanol–water partition coefficient (Wildman–Crippen LogP) is 3.33. The minimum atomic E-state index is -3.76. The molecule has 20 heavy (non-hydrogen) atoms. The van der Waals surface area contributed by atoms with Gasteiger partial charge in [0.05, 0.1) is 9.92 Å². The molecule has 0 spiro atoms. The van der Waals surface area contributed by atoms with E-state index in [1.54, 1.807) is 0 Å². The van der Waals surface area contributed by atoms with E-state index in [-0.39, 0.29) is 9.92 Å². The second-order valence-electron chi connectivity index (χ2n) is 4.06. The number of benzene rings is 2. The van der Waals surface area contributed by atoms with E-state index < -0.39 is 10.0 Å². The van der Waals surface area contributed by atoms with Crippen molar-refractivity contribution in [3.8, 4) is 5.75 Å². The minimum Gasteiger partial charge on any atom is -0.487 e. The number of ether oxygens (including phenoxy) is 1. The summed E-state index contributed by atoms with van der Waals surface area (Å²) in [5.41, 5.74) is 0.964. The Bertz CT molecular complexity index is 734. The van der Waals surface area contributed by atoms with E-state index in [4.69, 9.17) is 21.5 Å². The van der Waals surface area contributed by atoms with Crippen LogP contribution in [0.15, 0.2) is 51.8 Å². The lowest BCUT2D eigenvalue weighted by molar-refractivity contribution is 0.306. The molecule has 7 heteroatoms. The fourth-order valence-corrected chi connectivity index (χ4v) is 2.85. The molecule has 0 fully saturated rings. The molecule has 0 saturated carbocycles. The average Bonchev–Trinajstić information content (AvgIpc) is 2.36. The monoisotopic (exact) mass is 375 g/mol. The van der Waals surface area contributed by atoms with Gasteiger partial charge in [0.1, 0.15) is 12.4 Å². The first kappa shape index (κ1) is 15.3. The third-order valence-corrected chi connectivity index (χ3v) is 4.21. The first-order chi connectivity index (χ1) is 9.36. The SMILES string of the molecule is NS(=O)(=O)c1ccc(OCc2cccc(Br)c2)c(Cl)c1. The molecule has 4 nitrogen and oxygen atoms in total. The third kappa shape index (κ3) is 3.96. The van der Waals surface area contributed by atoms with Gasteiger partial charge in [0.15, 0.2) is 0 Å². The summed E-state index contributed by atoms with van der Waals surface area (Å²) in [5, 5.41) is 5.23. The van der Waals surface area contributed by atoms with Gasteiger partial charge in [0.2, 0.25) is 10.0 Å². The first-order valence-corrected chi connectivity index (χ1v) is 8.27. The first-order valence-electron chi connectivity index (χ1n) is 5.56. The lowest BCUT2D eigenvalue weighted by atomic mass is 10.2. The third-order valence-electron chi connectivity index (χ3n) is 2.52. The number of halogens is 2. The molecule has 2 aromatic carbocycles. The van der Waals surface area contributed by atoms with Crippen molar-refractivity contribution in [2.24, 2.45) is 5.14 Å². The molecule has 2 aromatic rings. The molecule has 0 aromatic heterocycles. The number of rotatable bonds is 4. The van der Waals surface area contributed by atoms with Gasteiger partial charge in [-0.15, -0.1) is 0 Å². The van der Waals surface area contributed by atoms with Crippen molar-refractivity contribution in [1.29, 1.82) is 0 Å². The fourth-order valence-electron chi connectivity index (χ4n) is 1.56. The van der Waals surface area contributed by atoms with Gasteiger partial charge in [0, 0.05) is 4.47 Å². The summed E-state index contributed by atoms with van der Waals surface area (Å²) in [4.78, 5) is -0.0442. The van der Waals surface area contributed by atoms with Crippen molar-refractivity contribution in [3.05, 3.63) is 57.5 Å². The molecule has 2 N–H and O–H groups in total. The second-order valence-corrected chi connectivity index (χ2v) is 6.94. The maximum Gasteiger partial charge on any atom is 0.238 e. The largest absolute Gasteiger partial charge is 0.487 e. The Hall–Kier alpha value is -1.08. The Morgan fingerprint density at radius 3 is 2.55 bits per heavy atom. The van der Waals surface area contributed by atoms with Gasteiger partial charge in [-0.1, -0.05) is 39.7 Å². The summed E-state index contributed by atoms with van der Waals surface area (Å²) in [7, 11) is -3.76. The molecule has 0 radical (unpaired) electrons. The molecule has 0 unspecified atom stereocenters. The van der Waals surface area contributed by atoms with Gasteiger partial charge < -0.3 is 4.74 Å². The smallest absolute Gasteiger partial charge is 0.238 e. The van der Waals surface area contributed by atoms with Crippen LogP contribution in [-0.4, -0.2) is 8.42 Å². The van der Waals surface area contributed by atoms with Gasteiger partial charge in [0.25, 0.3) is 0 Å². The zero-order chi connectivity index (χ0) is 14.8. The van der Waals surface area contributed by atoms with Crippen LogP contribution < -0.4 is 9.88 Å². The van der Waals surface area contributed by atoms with Crippen LogP contribution in [0.25, 0.3) is 0 Å². The van der Waals surface area contributed by atoms with Crippen molar-refractivity contribution in [3.63, 3.8) is 0 Å². The summed E-state index contributed by atoms with van der Waals surface area (Å²) < 4.78 is 28.9. The molecular weight excluding hydrogens is 366 g/mol. The van der Waals surface area contributed by atoms with Crippen molar-refractivity contribution in [1.82, 2.24) is 0 Å². The summed E-state index contributed by atoms with van der Waals surface area (Å²) in [6.45, 7) is 0.327. The van der Waals surface area contributed by atoms with E-state index in [0.29, 0.717) is 12.4 Å². The Morgan fingerprint density at radius 2 is 1.95 bits per heavy atom. The quantitative estimate of drug-likeness (QED) is 0.890. The van der Waals surface area contributed by atoms with Crippen LogP contribution in [0.2, 0.25) is 5.02 Å². The van der Waals surface area contributed by atoms with Gasteiger partial charge in [-0.2, -0.15) is 0 Å². The molecular formula is C13H11BrClNO3S. The van der Waals surface area contributed by atoms with Gasteiger partial charge in [-0.05, 0) is 35.9 Å². The fraction of sp³-hybridized carbons (Fsp3) is 0.0769. The summed E-state index contributed by atoms with van der Waals surface area (Å²) in [6.07, 6.45) is 0. The van der Waals surface area contributed by atoms with Crippen LogP contribution in [0, 0.1) is 0 Å². The molecule has 0 aliphatic carbocycles. The summed E-state index contributed by atoms with van der Waals surface area (Å²) in [5.74, 6) is 0.402. The predicted molar refractivity (Wildman–Crippen MR) is 81.3 cm³/mol. The molecule has 2 rings (SSSR count). The zero-order valence-electron chi connectivity index (χ0n) is 10.2. The van der Waals surface area contributed by atoms with Crippen LogP contribution in [0.1, 0.15) is 5.56 Å². The van der Waals surface area contributed by atoms with Crippen molar-refractivity contribution < 1.29 is 13.2 Å². The Balaban J connectivity index is 2.15. The van der Waals surface area contributed by atoms with Gasteiger partial charge >= 0.3 is 0 Å². The maximum atomic E-state index is 11.2. The second kappa shape index (κ2) is 6.13. The lowest BCUT2D eigenvalue weighted by Crippen LogP contribution is -2.12. The Labute approximate surface area is 130 Å². The topological polar surface area (TPSA) is 69.4 Å². The standard InChI is InChI=1S/C13H11BrClNO3S/c14-10-3-1-2-9(6-10)8-19-13-5-4-11(7-12(13)15)20(16,17)18/h1-7H,8H2,(H2,16,17,18). The van der Waals surface area contributed by atoms with E-state index in [1.807, 2.05) is 24.3 Å². The molecule has 0 bridgehead atoms. The highest BCUT2D eigenvalue weighted by Crippen LogP contribution is 2.27. The Morgan fingerprint density at radius 1 is 1.20 bits per heavy atom. The van der Waals surface area contributed by atoms with E-state index in [0.717, 1.165) is 10.0 Å². The highest BCUT2D eigenvalue weighted by molar-refractivity contribution is 9.10. The van der Waals surface area contributed by atoms with Gasteiger partial charge in [-0.3, -0.25) is 0 Å². The van der Waals surface area contributed by atoms with Crippen LogP contribution in [0.5, 0.6) is 5.75 Å². The zero-order valence-corrected chi connectivity index (χ0v) is 13.4. The Kier molecular flexibility index (Phi) is 4.70. The van der Waals surface area contributed by atoms with Crippen LogP contribution >= 0.6 is 27.5 Å². The van der Waals surface area contributed by atoms with Crippen LogP contribution in [0.4, 0.5) is 0 Å². The minimum absolute atomic E-state index is 0.0442. The highest BCUT2D eigenvalue weighted by Gasteiger charge is 2.11. The van der Waals surface area contributed by atoms with Crippen molar-refractivity contribution >= 4 is 37.6 Å². The number of sulfonamides is 1. The molecule has 0 atom stereocenters. The van der Waals surface area contributed by atoms with E-state index >= 15 is 0 Å². The normalized spacial score (nSPS) is 11.3. The number of hydrogen-bond acceptors (Lipinski definition) is 3. The average molecular weight is 377 g/mol. The number of hydrogen-bond donors (Lipinski definition) is 1. The summed E-state index contributed by atoms with van der Waals surface area (Å²) >= 11 is 9.35. The van der Waals surface area contributed by atoms with Gasteiger partial charge in [-0.25, -0.2) is 13.6 Å².